The Balaban J connectivity index is 1.24. The van der Waals surface area contributed by atoms with Gasteiger partial charge < -0.3 is 14.8 Å². The Bertz CT molecular complexity index is 734. The van der Waals surface area contributed by atoms with E-state index in [1.165, 1.54) is 37.7 Å². The average molecular weight is 367 g/mol. The van der Waals surface area contributed by atoms with Crippen molar-refractivity contribution in [2.75, 3.05) is 13.2 Å². The molecule has 0 bridgehead atoms. The number of hydrogen-bond donors (Lipinski definition) is 1. The Hall–Kier alpha value is -2.07. The summed E-state index contributed by atoms with van der Waals surface area (Å²) in [6, 6.07) is 13.5. The minimum absolute atomic E-state index is 0.586. The van der Waals surface area contributed by atoms with Crippen molar-refractivity contribution in [2.45, 2.75) is 51.6 Å². The SMILES string of the molecule is CC1CC(NCc2cc3c(cn2)OCCO3)CCC1CCc1ccccc1. The Labute approximate surface area is 162 Å². The zero-order chi connectivity index (χ0) is 18.5. The summed E-state index contributed by atoms with van der Waals surface area (Å²) in [5, 5.41) is 3.71. The Morgan fingerprint density at radius 1 is 1.07 bits per heavy atom. The topological polar surface area (TPSA) is 43.4 Å². The van der Waals surface area contributed by atoms with Crippen LogP contribution in [0.4, 0.5) is 0 Å². The van der Waals surface area contributed by atoms with E-state index in [1.54, 1.807) is 6.20 Å². The summed E-state index contributed by atoms with van der Waals surface area (Å²) < 4.78 is 11.2. The molecule has 0 saturated heterocycles. The van der Waals surface area contributed by atoms with E-state index in [4.69, 9.17) is 9.47 Å². The number of aryl methyl sites for hydroxylation is 1. The Morgan fingerprint density at radius 3 is 2.70 bits per heavy atom. The van der Waals surface area contributed by atoms with Gasteiger partial charge in [0.25, 0.3) is 0 Å². The third-order valence-corrected chi connectivity index (χ3v) is 6.05. The second kappa shape index (κ2) is 8.75. The molecule has 4 rings (SSSR count). The lowest BCUT2D eigenvalue weighted by atomic mass is 9.75. The maximum absolute atomic E-state index is 5.66. The first-order valence-electron chi connectivity index (χ1n) is 10.3. The molecule has 1 fully saturated rings. The molecule has 0 amide bonds. The van der Waals surface area contributed by atoms with Gasteiger partial charge in [-0.15, -0.1) is 0 Å². The van der Waals surface area contributed by atoms with E-state index in [-0.39, 0.29) is 0 Å². The predicted octanol–water partition coefficient (Wildman–Crippen LogP) is 4.38. The monoisotopic (exact) mass is 366 g/mol. The molecule has 0 spiro atoms. The Kier molecular flexibility index (Phi) is 5.93. The minimum Gasteiger partial charge on any atom is -0.486 e. The van der Waals surface area contributed by atoms with Gasteiger partial charge in [-0.1, -0.05) is 37.3 Å². The van der Waals surface area contributed by atoms with E-state index in [1.807, 2.05) is 6.07 Å². The molecule has 1 aliphatic heterocycles. The van der Waals surface area contributed by atoms with Gasteiger partial charge in [0, 0.05) is 18.7 Å². The summed E-state index contributed by atoms with van der Waals surface area (Å²) in [7, 11) is 0. The van der Waals surface area contributed by atoms with Crippen molar-refractivity contribution >= 4 is 0 Å². The number of ether oxygens (including phenoxy) is 2. The van der Waals surface area contributed by atoms with Crippen LogP contribution in [0.5, 0.6) is 11.5 Å². The summed E-state index contributed by atoms with van der Waals surface area (Å²) >= 11 is 0. The molecule has 2 aliphatic rings. The van der Waals surface area contributed by atoms with Crippen LogP contribution in [0.15, 0.2) is 42.6 Å². The number of hydrogen-bond acceptors (Lipinski definition) is 4. The highest BCUT2D eigenvalue weighted by atomic mass is 16.6. The second-order valence-corrected chi connectivity index (χ2v) is 7.97. The second-order valence-electron chi connectivity index (χ2n) is 7.97. The predicted molar refractivity (Wildman–Crippen MR) is 107 cm³/mol. The highest BCUT2D eigenvalue weighted by Gasteiger charge is 2.27. The maximum atomic E-state index is 5.66. The molecule has 1 aromatic carbocycles. The van der Waals surface area contributed by atoms with E-state index in [2.05, 4.69) is 47.6 Å². The molecule has 1 aliphatic carbocycles. The van der Waals surface area contributed by atoms with Gasteiger partial charge in [0.15, 0.2) is 11.5 Å². The van der Waals surface area contributed by atoms with Crippen molar-refractivity contribution in [1.29, 1.82) is 0 Å². The fraction of sp³-hybridized carbons (Fsp3) is 0.522. The number of nitrogens with zero attached hydrogens (tertiary/aromatic N) is 1. The van der Waals surface area contributed by atoms with E-state index < -0.39 is 0 Å². The summed E-state index contributed by atoms with van der Waals surface area (Å²) in [5.74, 6) is 3.20. The van der Waals surface area contributed by atoms with Gasteiger partial charge in [0.2, 0.25) is 0 Å². The molecule has 144 valence electrons. The zero-order valence-corrected chi connectivity index (χ0v) is 16.2. The van der Waals surface area contributed by atoms with Gasteiger partial charge in [-0.25, -0.2) is 0 Å². The molecule has 1 saturated carbocycles. The molecular formula is C23H30N2O2. The number of benzene rings is 1. The van der Waals surface area contributed by atoms with Crippen LogP contribution < -0.4 is 14.8 Å². The third kappa shape index (κ3) is 4.81. The van der Waals surface area contributed by atoms with Crippen LogP contribution in [0.25, 0.3) is 0 Å². The third-order valence-electron chi connectivity index (χ3n) is 6.05. The largest absolute Gasteiger partial charge is 0.486 e. The summed E-state index contributed by atoms with van der Waals surface area (Å²) in [4.78, 5) is 4.51. The number of pyridine rings is 1. The van der Waals surface area contributed by atoms with E-state index in [0.29, 0.717) is 19.3 Å². The molecule has 3 atom stereocenters. The smallest absolute Gasteiger partial charge is 0.179 e. The van der Waals surface area contributed by atoms with Crippen molar-refractivity contribution in [3.63, 3.8) is 0 Å². The van der Waals surface area contributed by atoms with Crippen LogP contribution in [0, 0.1) is 11.8 Å². The van der Waals surface area contributed by atoms with Crippen LogP contribution in [-0.2, 0) is 13.0 Å². The highest BCUT2D eigenvalue weighted by molar-refractivity contribution is 5.39. The van der Waals surface area contributed by atoms with Gasteiger partial charge in [-0.3, -0.25) is 4.98 Å². The molecule has 0 radical (unpaired) electrons. The standard InChI is InChI=1S/C23H30N2O2/c1-17-13-20(10-9-19(17)8-7-18-5-3-2-4-6-18)24-15-21-14-22-23(16-25-21)27-12-11-26-22/h2-6,14,16-17,19-20,24H,7-13,15H2,1H3. The van der Waals surface area contributed by atoms with E-state index in [9.17, 15) is 0 Å². The molecule has 27 heavy (non-hydrogen) atoms. The lowest BCUT2D eigenvalue weighted by Gasteiger charge is -2.35. The molecule has 1 aromatic heterocycles. The summed E-state index contributed by atoms with van der Waals surface area (Å²) in [5.41, 5.74) is 2.49. The van der Waals surface area contributed by atoms with Gasteiger partial charge in [0.1, 0.15) is 13.2 Å². The van der Waals surface area contributed by atoms with Crippen LogP contribution in [0.3, 0.4) is 0 Å². The molecule has 3 unspecified atom stereocenters. The van der Waals surface area contributed by atoms with Crippen molar-refractivity contribution in [3.8, 4) is 11.5 Å². The van der Waals surface area contributed by atoms with Crippen molar-refractivity contribution in [1.82, 2.24) is 10.3 Å². The average Bonchev–Trinajstić information content (AvgIpc) is 2.72. The van der Waals surface area contributed by atoms with E-state index in [0.717, 1.165) is 35.6 Å². The first-order valence-corrected chi connectivity index (χ1v) is 10.3. The quantitative estimate of drug-likeness (QED) is 0.824. The van der Waals surface area contributed by atoms with Gasteiger partial charge in [0.05, 0.1) is 11.9 Å². The van der Waals surface area contributed by atoms with Crippen LogP contribution in [0.1, 0.15) is 43.9 Å². The maximum Gasteiger partial charge on any atom is 0.179 e. The first kappa shape index (κ1) is 18.3. The number of nitrogens with one attached hydrogen (secondary N) is 1. The normalized spacial score (nSPS) is 24.6. The molecular weight excluding hydrogens is 336 g/mol. The van der Waals surface area contributed by atoms with Crippen LogP contribution in [-0.4, -0.2) is 24.2 Å². The molecule has 2 heterocycles. The highest BCUT2D eigenvalue weighted by Crippen LogP contribution is 2.34. The summed E-state index contributed by atoms with van der Waals surface area (Å²) in [6.07, 6.45) is 8.13. The Morgan fingerprint density at radius 2 is 1.89 bits per heavy atom. The number of fused-ring (bicyclic) bond motifs is 1. The summed E-state index contributed by atoms with van der Waals surface area (Å²) in [6.45, 7) is 4.45. The first-order chi connectivity index (χ1) is 13.3. The van der Waals surface area contributed by atoms with Crippen molar-refractivity contribution < 1.29 is 9.47 Å². The molecule has 4 nitrogen and oxygen atoms in total. The number of aromatic nitrogens is 1. The number of rotatable bonds is 6. The van der Waals surface area contributed by atoms with E-state index >= 15 is 0 Å². The fourth-order valence-electron chi connectivity index (χ4n) is 4.40. The van der Waals surface area contributed by atoms with Crippen molar-refractivity contribution in [3.05, 3.63) is 53.9 Å². The van der Waals surface area contributed by atoms with Gasteiger partial charge in [-0.2, -0.15) is 0 Å². The van der Waals surface area contributed by atoms with Gasteiger partial charge in [-0.05, 0) is 49.5 Å². The molecule has 2 aromatic rings. The van der Waals surface area contributed by atoms with Crippen LogP contribution in [0.2, 0.25) is 0 Å². The molecule has 1 N–H and O–H groups in total. The minimum atomic E-state index is 0.586. The van der Waals surface area contributed by atoms with Crippen LogP contribution >= 0.6 is 0 Å². The fourth-order valence-corrected chi connectivity index (χ4v) is 4.40. The zero-order valence-electron chi connectivity index (χ0n) is 16.2. The lowest BCUT2D eigenvalue weighted by molar-refractivity contribution is 0.170. The van der Waals surface area contributed by atoms with Crippen molar-refractivity contribution in [2.24, 2.45) is 11.8 Å². The van der Waals surface area contributed by atoms with Gasteiger partial charge >= 0.3 is 0 Å². The lowest BCUT2D eigenvalue weighted by Crippen LogP contribution is -2.36. The molecule has 4 heteroatoms.